The minimum Gasteiger partial charge on any atom is -0.497 e. The number of methoxy groups -OCH3 is 1. The molecule has 27 heavy (non-hydrogen) atoms. The van der Waals surface area contributed by atoms with E-state index in [1.165, 1.54) is 0 Å². The van der Waals surface area contributed by atoms with Crippen molar-refractivity contribution >= 4 is 11.8 Å². The Kier molecular flexibility index (Phi) is 6.52. The van der Waals surface area contributed by atoms with Crippen molar-refractivity contribution in [2.45, 2.75) is 25.0 Å². The molecule has 0 radical (unpaired) electrons. The maximum absolute atomic E-state index is 12.3. The third-order valence-electron chi connectivity index (χ3n) is 4.76. The number of carbonyl (C=O) groups excluding carboxylic acids is 2. The first kappa shape index (κ1) is 19.4. The molecule has 2 fully saturated rings. The highest BCUT2D eigenvalue weighted by Crippen LogP contribution is 2.31. The summed E-state index contributed by atoms with van der Waals surface area (Å²) in [5.41, 5.74) is 0. The molecular formula is C19H26N2O6. The normalized spacial score (nSPS) is 18.3. The van der Waals surface area contributed by atoms with Crippen LogP contribution >= 0.6 is 0 Å². The molecule has 0 unspecified atom stereocenters. The van der Waals surface area contributed by atoms with Crippen LogP contribution in [0.5, 0.6) is 11.5 Å². The van der Waals surface area contributed by atoms with Crippen LogP contribution < -0.4 is 14.8 Å². The van der Waals surface area contributed by atoms with E-state index in [1.54, 1.807) is 36.3 Å². The molecule has 2 aliphatic heterocycles. The van der Waals surface area contributed by atoms with Crippen LogP contribution in [0.2, 0.25) is 0 Å². The fraction of sp³-hybridized carbons (Fsp3) is 0.579. The van der Waals surface area contributed by atoms with Gasteiger partial charge in [-0.3, -0.25) is 9.59 Å². The highest BCUT2D eigenvalue weighted by molar-refractivity contribution is 5.96. The Bertz CT molecular complexity index is 632. The first-order valence-corrected chi connectivity index (χ1v) is 9.19. The van der Waals surface area contributed by atoms with E-state index < -0.39 is 5.79 Å². The quantitative estimate of drug-likeness (QED) is 0.562. The van der Waals surface area contributed by atoms with Gasteiger partial charge in [0.05, 0.1) is 26.9 Å². The Morgan fingerprint density at radius 2 is 1.74 bits per heavy atom. The first-order chi connectivity index (χ1) is 13.1. The molecule has 1 aromatic rings. The van der Waals surface area contributed by atoms with E-state index in [0.717, 1.165) is 5.75 Å². The fourth-order valence-electron chi connectivity index (χ4n) is 3.23. The number of carbonyl (C=O) groups is 2. The van der Waals surface area contributed by atoms with E-state index in [0.29, 0.717) is 58.0 Å². The molecule has 0 atom stereocenters. The molecule has 1 spiro atoms. The molecule has 2 aliphatic rings. The maximum Gasteiger partial charge on any atom is 0.232 e. The van der Waals surface area contributed by atoms with Gasteiger partial charge >= 0.3 is 0 Å². The molecule has 1 N–H and O–H groups in total. The van der Waals surface area contributed by atoms with Gasteiger partial charge in [0.25, 0.3) is 0 Å². The lowest BCUT2D eigenvalue weighted by Crippen LogP contribution is -2.48. The van der Waals surface area contributed by atoms with Crippen molar-refractivity contribution < 1.29 is 28.5 Å². The lowest BCUT2D eigenvalue weighted by Gasteiger charge is -2.37. The molecule has 8 heteroatoms. The van der Waals surface area contributed by atoms with Crippen LogP contribution in [0, 0.1) is 0 Å². The zero-order valence-corrected chi connectivity index (χ0v) is 15.6. The second kappa shape index (κ2) is 9.05. The summed E-state index contributed by atoms with van der Waals surface area (Å²) in [6.45, 7) is 2.97. The second-order valence-corrected chi connectivity index (χ2v) is 6.54. The molecule has 0 saturated carbocycles. The number of hydrogen-bond donors (Lipinski definition) is 1. The number of amides is 2. The molecular weight excluding hydrogens is 352 g/mol. The number of likely N-dealkylation sites (tertiary alicyclic amines) is 1. The maximum atomic E-state index is 12.3. The number of nitrogens with one attached hydrogen (secondary N) is 1. The summed E-state index contributed by atoms with van der Waals surface area (Å²) in [7, 11) is 1.60. The summed E-state index contributed by atoms with van der Waals surface area (Å²) in [4.78, 5) is 25.9. The van der Waals surface area contributed by atoms with E-state index in [9.17, 15) is 9.59 Å². The van der Waals surface area contributed by atoms with Crippen LogP contribution in [-0.4, -0.2) is 69.1 Å². The monoisotopic (exact) mass is 378 g/mol. The van der Waals surface area contributed by atoms with Gasteiger partial charge in [-0.05, 0) is 24.3 Å². The van der Waals surface area contributed by atoms with Gasteiger partial charge in [0.15, 0.2) is 5.79 Å². The molecule has 2 amide bonds. The number of nitrogens with zero attached hydrogens (tertiary/aromatic N) is 1. The lowest BCUT2D eigenvalue weighted by atomic mass is 10.0. The second-order valence-electron chi connectivity index (χ2n) is 6.54. The van der Waals surface area contributed by atoms with Gasteiger partial charge in [0.1, 0.15) is 24.5 Å². The van der Waals surface area contributed by atoms with E-state index in [-0.39, 0.29) is 18.2 Å². The van der Waals surface area contributed by atoms with Crippen molar-refractivity contribution in [2.75, 3.05) is 46.6 Å². The van der Waals surface area contributed by atoms with Gasteiger partial charge in [-0.15, -0.1) is 0 Å². The third-order valence-corrected chi connectivity index (χ3v) is 4.76. The fourth-order valence-corrected chi connectivity index (χ4v) is 3.23. The summed E-state index contributed by atoms with van der Waals surface area (Å²) < 4.78 is 21.9. The van der Waals surface area contributed by atoms with Gasteiger partial charge in [0.2, 0.25) is 11.8 Å². The number of ether oxygens (including phenoxy) is 4. The Hall–Kier alpha value is -2.32. The summed E-state index contributed by atoms with van der Waals surface area (Å²) in [5, 5.41) is 2.71. The van der Waals surface area contributed by atoms with Crippen LogP contribution in [-0.2, 0) is 19.1 Å². The van der Waals surface area contributed by atoms with Gasteiger partial charge in [-0.1, -0.05) is 0 Å². The minimum absolute atomic E-state index is 0.156. The van der Waals surface area contributed by atoms with E-state index in [1.807, 2.05) is 0 Å². The van der Waals surface area contributed by atoms with E-state index in [4.69, 9.17) is 18.9 Å². The molecule has 1 aromatic carbocycles. The summed E-state index contributed by atoms with van der Waals surface area (Å²) in [6, 6.07) is 7.20. The van der Waals surface area contributed by atoms with Crippen molar-refractivity contribution in [1.29, 1.82) is 0 Å². The van der Waals surface area contributed by atoms with Gasteiger partial charge in [0, 0.05) is 25.9 Å². The summed E-state index contributed by atoms with van der Waals surface area (Å²) >= 11 is 0. The van der Waals surface area contributed by atoms with Gasteiger partial charge in [-0.2, -0.15) is 0 Å². The summed E-state index contributed by atoms with van der Waals surface area (Å²) in [5.74, 6) is 0.463. The zero-order valence-electron chi connectivity index (χ0n) is 15.6. The molecule has 0 aliphatic carbocycles. The minimum atomic E-state index is -0.516. The van der Waals surface area contributed by atoms with Crippen molar-refractivity contribution in [3.8, 4) is 11.5 Å². The number of rotatable bonds is 7. The van der Waals surface area contributed by atoms with E-state index in [2.05, 4.69) is 5.32 Å². The number of benzene rings is 1. The third kappa shape index (κ3) is 5.33. The van der Waals surface area contributed by atoms with Crippen LogP contribution in [0.1, 0.15) is 19.3 Å². The topological polar surface area (TPSA) is 86.3 Å². The average Bonchev–Trinajstić information content (AvgIpc) is 3.14. The molecule has 3 rings (SSSR count). The molecule has 148 valence electrons. The SMILES string of the molecule is COc1ccc(OCCNC(=O)CC(=O)N2CCC3(CC2)OCCO3)cc1. The largest absolute Gasteiger partial charge is 0.497 e. The smallest absolute Gasteiger partial charge is 0.232 e. The highest BCUT2D eigenvalue weighted by Gasteiger charge is 2.40. The Morgan fingerprint density at radius 3 is 2.37 bits per heavy atom. The first-order valence-electron chi connectivity index (χ1n) is 9.19. The lowest BCUT2D eigenvalue weighted by molar-refractivity contribution is -0.187. The molecule has 2 heterocycles. The molecule has 0 aromatic heterocycles. The van der Waals surface area contributed by atoms with Crippen molar-refractivity contribution in [3.63, 3.8) is 0 Å². The van der Waals surface area contributed by atoms with Crippen LogP contribution in [0.4, 0.5) is 0 Å². The summed E-state index contributed by atoms with van der Waals surface area (Å²) in [6.07, 6.45) is 1.14. The van der Waals surface area contributed by atoms with Gasteiger partial charge < -0.3 is 29.2 Å². The Balaban J connectivity index is 1.31. The van der Waals surface area contributed by atoms with Crippen LogP contribution in [0.25, 0.3) is 0 Å². The van der Waals surface area contributed by atoms with Crippen molar-refractivity contribution in [3.05, 3.63) is 24.3 Å². The standard InChI is InChI=1S/C19H26N2O6/c1-24-15-2-4-16(5-3-15)25-11-8-20-17(22)14-18(23)21-9-6-19(7-10-21)26-12-13-27-19/h2-5H,6-14H2,1H3,(H,20,22). The van der Waals surface area contributed by atoms with Crippen LogP contribution in [0.3, 0.4) is 0 Å². The van der Waals surface area contributed by atoms with Crippen LogP contribution in [0.15, 0.2) is 24.3 Å². The predicted octanol–water partition coefficient (Wildman–Crippen LogP) is 0.946. The highest BCUT2D eigenvalue weighted by atomic mass is 16.7. The predicted molar refractivity (Wildman–Crippen MR) is 96.6 cm³/mol. The molecule has 2 saturated heterocycles. The number of hydrogen-bond acceptors (Lipinski definition) is 6. The Labute approximate surface area is 158 Å². The average molecular weight is 378 g/mol. The zero-order chi connectivity index (χ0) is 19.1. The van der Waals surface area contributed by atoms with Gasteiger partial charge in [-0.25, -0.2) is 0 Å². The number of piperidine rings is 1. The van der Waals surface area contributed by atoms with E-state index >= 15 is 0 Å². The van der Waals surface area contributed by atoms with Crippen molar-refractivity contribution in [1.82, 2.24) is 10.2 Å². The van der Waals surface area contributed by atoms with Crippen molar-refractivity contribution in [2.24, 2.45) is 0 Å². The molecule has 8 nitrogen and oxygen atoms in total. The Morgan fingerprint density at radius 1 is 1.11 bits per heavy atom. The molecule has 0 bridgehead atoms.